The van der Waals surface area contributed by atoms with Crippen LogP contribution < -0.4 is 0 Å². The van der Waals surface area contributed by atoms with Crippen LogP contribution in [0.5, 0.6) is 0 Å². The topological polar surface area (TPSA) is 59.7 Å². The molecule has 0 N–H and O–H groups in total. The SMILES string of the molecule is CC(C)(C)OC(=O)N1CCC(c2cn3ncnc3cc2C(F)(F)F)CC1. The van der Waals surface area contributed by atoms with E-state index < -0.39 is 23.4 Å². The summed E-state index contributed by atoms with van der Waals surface area (Å²) >= 11 is 0. The number of hydrogen-bond donors (Lipinski definition) is 0. The van der Waals surface area contributed by atoms with Crippen molar-refractivity contribution in [2.45, 2.75) is 51.3 Å². The van der Waals surface area contributed by atoms with Gasteiger partial charge in [0.25, 0.3) is 0 Å². The molecule has 0 spiro atoms. The van der Waals surface area contributed by atoms with Crippen molar-refractivity contribution in [3.05, 3.63) is 29.7 Å². The summed E-state index contributed by atoms with van der Waals surface area (Å²) in [5.41, 5.74) is -0.935. The highest BCUT2D eigenvalue weighted by molar-refractivity contribution is 5.68. The molecule has 0 aromatic carbocycles. The number of nitrogens with zero attached hydrogens (tertiary/aromatic N) is 4. The molecule has 1 aliphatic heterocycles. The third kappa shape index (κ3) is 3.91. The maximum Gasteiger partial charge on any atom is 0.416 e. The van der Waals surface area contributed by atoms with Gasteiger partial charge in [0, 0.05) is 19.3 Å². The van der Waals surface area contributed by atoms with E-state index in [1.165, 1.54) is 17.0 Å². The minimum atomic E-state index is -4.47. The van der Waals surface area contributed by atoms with Crippen LogP contribution in [0.25, 0.3) is 5.65 Å². The number of rotatable bonds is 1. The van der Waals surface area contributed by atoms with Gasteiger partial charge in [0.1, 0.15) is 11.9 Å². The van der Waals surface area contributed by atoms with Gasteiger partial charge < -0.3 is 9.64 Å². The van der Waals surface area contributed by atoms with E-state index in [4.69, 9.17) is 4.74 Å². The smallest absolute Gasteiger partial charge is 0.416 e. The lowest BCUT2D eigenvalue weighted by Gasteiger charge is -2.34. The molecule has 3 rings (SSSR count). The predicted molar refractivity (Wildman–Crippen MR) is 87.8 cm³/mol. The average Bonchev–Trinajstić information content (AvgIpc) is 2.99. The fourth-order valence-electron chi connectivity index (χ4n) is 3.15. The fraction of sp³-hybridized carbons (Fsp3) is 0.588. The van der Waals surface area contributed by atoms with E-state index >= 15 is 0 Å². The van der Waals surface area contributed by atoms with E-state index in [2.05, 4.69) is 10.1 Å². The second kappa shape index (κ2) is 6.44. The quantitative estimate of drug-likeness (QED) is 0.765. The minimum Gasteiger partial charge on any atom is -0.444 e. The molecule has 2 aromatic heterocycles. The molecule has 9 heteroatoms. The van der Waals surface area contributed by atoms with E-state index in [0.29, 0.717) is 25.9 Å². The molecule has 6 nitrogen and oxygen atoms in total. The number of ether oxygens (including phenoxy) is 1. The molecule has 1 aliphatic rings. The van der Waals surface area contributed by atoms with Crippen molar-refractivity contribution in [3.8, 4) is 0 Å². The normalized spacial score (nSPS) is 16.9. The molecule has 0 atom stereocenters. The lowest BCUT2D eigenvalue weighted by atomic mass is 9.87. The highest BCUT2D eigenvalue weighted by atomic mass is 19.4. The van der Waals surface area contributed by atoms with Gasteiger partial charge >= 0.3 is 12.3 Å². The van der Waals surface area contributed by atoms with Crippen LogP contribution in [-0.4, -0.2) is 44.3 Å². The van der Waals surface area contributed by atoms with Gasteiger partial charge in [-0.05, 0) is 51.2 Å². The van der Waals surface area contributed by atoms with Gasteiger partial charge in [0.05, 0.1) is 5.56 Å². The Hall–Kier alpha value is -2.32. The Morgan fingerprint density at radius 3 is 2.46 bits per heavy atom. The van der Waals surface area contributed by atoms with E-state index in [1.54, 1.807) is 25.7 Å². The number of carbonyl (C=O) groups excluding carboxylic acids is 1. The van der Waals surface area contributed by atoms with E-state index in [9.17, 15) is 18.0 Å². The Morgan fingerprint density at radius 1 is 1.23 bits per heavy atom. The lowest BCUT2D eigenvalue weighted by Crippen LogP contribution is -2.41. The van der Waals surface area contributed by atoms with Crippen molar-refractivity contribution in [2.24, 2.45) is 0 Å². The highest BCUT2D eigenvalue weighted by Gasteiger charge is 2.37. The first-order valence-electron chi connectivity index (χ1n) is 8.43. The first-order chi connectivity index (χ1) is 12.0. The molecule has 3 heterocycles. The Kier molecular flexibility index (Phi) is 4.58. The van der Waals surface area contributed by atoms with Gasteiger partial charge in [0.15, 0.2) is 5.65 Å². The summed E-state index contributed by atoms with van der Waals surface area (Å²) in [4.78, 5) is 17.5. The van der Waals surface area contributed by atoms with Crippen molar-refractivity contribution in [2.75, 3.05) is 13.1 Å². The molecule has 0 saturated carbocycles. The number of likely N-dealkylation sites (tertiary alicyclic amines) is 1. The second-order valence-electron chi connectivity index (χ2n) is 7.44. The number of hydrogen-bond acceptors (Lipinski definition) is 4. The fourth-order valence-corrected chi connectivity index (χ4v) is 3.15. The molecular weight excluding hydrogens is 349 g/mol. The summed E-state index contributed by atoms with van der Waals surface area (Å²) in [6.07, 6.45) is -1.40. The Labute approximate surface area is 148 Å². The summed E-state index contributed by atoms with van der Waals surface area (Å²) in [5.74, 6) is -0.307. The zero-order valence-electron chi connectivity index (χ0n) is 14.9. The van der Waals surface area contributed by atoms with Gasteiger partial charge in [0.2, 0.25) is 0 Å². The molecule has 26 heavy (non-hydrogen) atoms. The van der Waals surface area contributed by atoms with Crippen LogP contribution in [0.4, 0.5) is 18.0 Å². The number of aromatic nitrogens is 3. The average molecular weight is 370 g/mol. The summed E-state index contributed by atoms with van der Waals surface area (Å²) in [5, 5.41) is 3.93. The number of carbonyl (C=O) groups is 1. The molecule has 142 valence electrons. The van der Waals surface area contributed by atoms with Gasteiger partial charge in [-0.2, -0.15) is 18.3 Å². The molecule has 0 bridgehead atoms. The monoisotopic (exact) mass is 370 g/mol. The van der Waals surface area contributed by atoms with E-state index in [1.807, 2.05) is 0 Å². The summed E-state index contributed by atoms with van der Waals surface area (Å²) in [7, 11) is 0. The molecule has 2 aromatic rings. The zero-order chi connectivity index (χ0) is 19.1. The van der Waals surface area contributed by atoms with Crippen LogP contribution in [0.3, 0.4) is 0 Å². The standard InChI is InChI=1S/C17H21F3N4O2/c1-16(2,3)26-15(25)23-6-4-11(5-7-23)12-9-24-14(21-10-22-24)8-13(12)17(18,19)20/h8-11H,4-7H2,1-3H3. The number of pyridine rings is 1. The molecule has 0 radical (unpaired) electrons. The third-order valence-electron chi connectivity index (χ3n) is 4.34. The number of halogens is 3. The second-order valence-corrected chi connectivity index (χ2v) is 7.44. The summed E-state index contributed by atoms with van der Waals surface area (Å²) < 4.78 is 47.1. The zero-order valence-corrected chi connectivity index (χ0v) is 14.9. The van der Waals surface area contributed by atoms with Crippen molar-refractivity contribution in [3.63, 3.8) is 0 Å². The molecule has 0 unspecified atom stereocenters. The minimum absolute atomic E-state index is 0.160. The third-order valence-corrected chi connectivity index (χ3v) is 4.34. The van der Waals surface area contributed by atoms with E-state index in [-0.39, 0.29) is 17.1 Å². The Bertz CT molecular complexity index is 802. The van der Waals surface area contributed by atoms with Gasteiger partial charge in [-0.15, -0.1) is 0 Å². The molecular formula is C17H21F3N4O2. The Balaban J connectivity index is 1.80. The van der Waals surface area contributed by atoms with Crippen LogP contribution in [0.15, 0.2) is 18.6 Å². The summed E-state index contributed by atoms with van der Waals surface area (Å²) in [6.45, 7) is 6.04. The van der Waals surface area contributed by atoms with Crippen LogP contribution in [-0.2, 0) is 10.9 Å². The van der Waals surface area contributed by atoms with Gasteiger partial charge in [-0.25, -0.2) is 14.3 Å². The summed E-state index contributed by atoms with van der Waals surface area (Å²) in [6, 6.07) is 1.03. The van der Waals surface area contributed by atoms with Crippen LogP contribution in [0.1, 0.15) is 50.7 Å². The highest BCUT2D eigenvalue weighted by Crippen LogP contribution is 2.39. The van der Waals surface area contributed by atoms with Crippen LogP contribution in [0.2, 0.25) is 0 Å². The van der Waals surface area contributed by atoms with Gasteiger partial charge in [-0.1, -0.05) is 0 Å². The van der Waals surface area contributed by atoms with Crippen molar-refractivity contribution < 1.29 is 22.7 Å². The molecule has 1 fully saturated rings. The van der Waals surface area contributed by atoms with E-state index in [0.717, 1.165) is 6.07 Å². The first kappa shape index (κ1) is 18.5. The molecule has 0 aliphatic carbocycles. The molecule has 1 saturated heterocycles. The Morgan fingerprint density at radius 2 is 1.88 bits per heavy atom. The van der Waals surface area contributed by atoms with Crippen LogP contribution in [0, 0.1) is 0 Å². The number of amides is 1. The van der Waals surface area contributed by atoms with Crippen LogP contribution >= 0.6 is 0 Å². The van der Waals surface area contributed by atoms with Crippen molar-refractivity contribution in [1.82, 2.24) is 19.5 Å². The largest absolute Gasteiger partial charge is 0.444 e. The lowest BCUT2D eigenvalue weighted by molar-refractivity contribution is -0.138. The number of fused-ring (bicyclic) bond motifs is 1. The first-order valence-corrected chi connectivity index (χ1v) is 8.43. The van der Waals surface area contributed by atoms with Crippen molar-refractivity contribution in [1.29, 1.82) is 0 Å². The number of alkyl halides is 3. The maximum absolute atomic E-state index is 13.5. The van der Waals surface area contributed by atoms with Gasteiger partial charge in [-0.3, -0.25) is 0 Å². The predicted octanol–water partition coefficient (Wildman–Crippen LogP) is 3.86. The van der Waals surface area contributed by atoms with Crippen molar-refractivity contribution >= 4 is 11.7 Å². The maximum atomic E-state index is 13.5. The number of piperidine rings is 1. The molecule has 1 amide bonds.